The molecular formula is C29H34N4O6S2. The number of nitrogens with zero attached hydrogens (tertiary/aromatic N) is 3. The van der Waals surface area contributed by atoms with E-state index in [-0.39, 0.29) is 36.1 Å². The van der Waals surface area contributed by atoms with Gasteiger partial charge in [-0.25, -0.2) is 13.4 Å². The van der Waals surface area contributed by atoms with E-state index in [1.807, 2.05) is 29.6 Å². The summed E-state index contributed by atoms with van der Waals surface area (Å²) in [6.07, 6.45) is 2.86. The Kier molecular flexibility index (Phi) is 7.77. The molecule has 6 rings (SSSR count). The first kappa shape index (κ1) is 28.1. The Morgan fingerprint density at radius 1 is 1.17 bits per heavy atom. The highest BCUT2D eigenvalue weighted by molar-refractivity contribution is 7.89. The van der Waals surface area contributed by atoms with Crippen molar-refractivity contribution in [2.75, 3.05) is 33.4 Å². The molecule has 2 saturated heterocycles. The minimum atomic E-state index is -4.14. The second-order valence-corrected chi connectivity index (χ2v) is 13.8. The highest BCUT2D eigenvalue weighted by Gasteiger charge is 2.47. The van der Waals surface area contributed by atoms with Crippen LogP contribution in [0.15, 0.2) is 58.9 Å². The number of carbonyl (C=O) groups excluding carboxylic acids is 1. The number of piperidine rings is 1. The third-order valence-corrected chi connectivity index (χ3v) is 11.0. The van der Waals surface area contributed by atoms with Crippen LogP contribution in [0.5, 0.6) is 11.5 Å². The van der Waals surface area contributed by atoms with E-state index in [4.69, 9.17) is 9.47 Å². The van der Waals surface area contributed by atoms with E-state index in [9.17, 15) is 18.3 Å². The van der Waals surface area contributed by atoms with Crippen LogP contribution in [0.3, 0.4) is 0 Å². The van der Waals surface area contributed by atoms with E-state index < -0.39 is 27.7 Å². The molecule has 0 unspecified atom stereocenters. The smallest absolute Gasteiger partial charge is 0.247 e. The Bertz CT molecular complexity index is 1510. The van der Waals surface area contributed by atoms with Gasteiger partial charge < -0.3 is 19.9 Å². The fourth-order valence-electron chi connectivity index (χ4n) is 6.03. The molecule has 2 atom stereocenters. The first-order valence-electron chi connectivity index (χ1n) is 13.8. The zero-order valence-corrected chi connectivity index (χ0v) is 24.5. The fraction of sp³-hybridized carbons (Fsp3) is 0.448. The molecule has 1 amide bonds. The van der Waals surface area contributed by atoms with Crippen LogP contribution in [0.4, 0.5) is 0 Å². The number of sulfonamides is 1. The van der Waals surface area contributed by atoms with Crippen molar-refractivity contribution < 1.29 is 27.8 Å². The third-order valence-electron chi connectivity index (χ3n) is 8.35. The van der Waals surface area contributed by atoms with Gasteiger partial charge in [-0.3, -0.25) is 9.69 Å². The summed E-state index contributed by atoms with van der Waals surface area (Å²) in [6, 6.07) is 11.5. The van der Waals surface area contributed by atoms with Gasteiger partial charge in [0.05, 0.1) is 26.4 Å². The van der Waals surface area contributed by atoms with Gasteiger partial charge in [-0.2, -0.15) is 4.31 Å². The summed E-state index contributed by atoms with van der Waals surface area (Å²) in [5, 5.41) is 16.7. The molecule has 218 valence electrons. The van der Waals surface area contributed by atoms with Gasteiger partial charge in [-0.05, 0) is 48.2 Å². The highest BCUT2D eigenvalue weighted by Crippen LogP contribution is 2.38. The number of hydrogen-bond donors (Lipinski definition) is 2. The van der Waals surface area contributed by atoms with Crippen molar-refractivity contribution >= 4 is 27.3 Å². The van der Waals surface area contributed by atoms with Gasteiger partial charge in [0.2, 0.25) is 15.9 Å². The lowest BCUT2D eigenvalue weighted by Gasteiger charge is -2.43. The molecule has 2 fully saturated rings. The average Bonchev–Trinajstić information content (AvgIpc) is 3.64. The molecule has 12 heteroatoms. The number of fused-ring (bicyclic) bond motifs is 2. The van der Waals surface area contributed by atoms with E-state index in [2.05, 4.69) is 15.2 Å². The Hall–Kier alpha value is -3.03. The molecule has 3 aliphatic rings. The molecule has 0 saturated carbocycles. The van der Waals surface area contributed by atoms with Crippen molar-refractivity contribution in [1.82, 2.24) is 19.5 Å². The van der Waals surface area contributed by atoms with Crippen molar-refractivity contribution in [1.29, 1.82) is 0 Å². The van der Waals surface area contributed by atoms with Gasteiger partial charge >= 0.3 is 0 Å². The number of hydrogen-bond acceptors (Lipinski definition) is 9. The first-order chi connectivity index (χ1) is 19.8. The minimum absolute atomic E-state index is 0.00902. The number of amides is 1. The Morgan fingerprint density at radius 2 is 1.98 bits per heavy atom. The van der Waals surface area contributed by atoms with Crippen LogP contribution in [0.25, 0.3) is 11.1 Å². The number of methoxy groups -OCH3 is 1. The highest BCUT2D eigenvalue weighted by atomic mass is 32.2. The molecule has 10 nitrogen and oxygen atoms in total. The van der Waals surface area contributed by atoms with Gasteiger partial charge in [-0.1, -0.05) is 18.2 Å². The summed E-state index contributed by atoms with van der Waals surface area (Å²) in [5.74, 6) is 0.556. The van der Waals surface area contributed by atoms with Gasteiger partial charge in [0, 0.05) is 49.6 Å². The number of nitrogens with one attached hydrogen (secondary N) is 1. The van der Waals surface area contributed by atoms with E-state index in [1.54, 1.807) is 36.8 Å². The Balaban J connectivity index is 1.33. The quantitative estimate of drug-likeness (QED) is 0.471. The van der Waals surface area contributed by atoms with Gasteiger partial charge in [-0.15, -0.1) is 11.3 Å². The summed E-state index contributed by atoms with van der Waals surface area (Å²) < 4.78 is 40.7. The molecule has 2 aromatic carbocycles. The predicted molar refractivity (Wildman–Crippen MR) is 154 cm³/mol. The fourth-order valence-corrected chi connectivity index (χ4v) is 8.44. The van der Waals surface area contributed by atoms with Crippen LogP contribution in [0.2, 0.25) is 0 Å². The summed E-state index contributed by atoms with van der Waals surface area (Å²) in [6.45, 7) is 2.40. The van der Waals surface area contributed by atoms with Crippen LogP contribution in [0.1, 0.15) is 30.7 Å². The maximum Gasteiger partial charge on any atom is 0.247 e. The number of likely N-dealkylation sites (tertiary alicyclic amines) is 1. The molecule has 0 radical (unpaired) electrons. The molecule has 3 aromatic rings. The molecule has 2 N–H and O–H groups in total. The second kappa shape index (κ2) is 11.3. The van der Waals surface area contributed by atoms with Crippen molar-refractivity contribution in [2.24, 2.45) is 0 Å². The zero-order chi connectivity index (χ0) is 28.6. The number of carbonyl (C=O) groups is 1. The van der Waals surface area contributed by atoms with Crippen molar-refractivity contribution in [2.45, 2.75) is 54.8 Å². The number of benzene rings is 2. The maximum absolute atomic E-state index is 14.0. The number of aliphatic hydroxyl groups excluding tert-OH is 1. The Morgan fingerprint density at radius 3 is 2.73 bits per heavy atom. The summed E-state index contributed by atoms with van der Waals surface area (Å²) in [7, 11) is -2.55. The summed E-state index contributed by atoms with van der Waals surface area (Å²) in [4.78, 5) is 20.4. The predicted octanol–water partition coefficient (Wildman–Crippen LogP) is 2.88. The largest absolute Gasteiger partial charge is 0.497 e. The molecule has 3 aliphatic heterocycles. The van der Waals surface area contributed by atoms with Crippen LogP contribution in [-0.2, 0) is 21.4 Å². The van der Waals surface area contributed by atoms with Crippen LogP contribution in [-0.4, -0.2) is 84.7 Å². The lowest BCUT2D eigenvalue weighted by atomic mass is 9.84. The van der Waals surface area contributed by atoms with E-state index >= 15 is 0 Å². The maximum atomic E-state index is 14.0. The molecule has 0 aliphatic carbocycles. The number of rotatable bonds is 4. The summed E-state index contributed by atoms with van der Waals surface area (Å²) in [5.41, 5.74) is 1.09. The van der Waals surface area contributed by atoms with E-state index in [0.29, 0.717) is 25.0 Å². The topological polar surface area (TPSA) is 121 Å². The number of aliphatic hydroxyl groups is 1. The first-order valence-corrected chi connectivity index (χ1v) is 16.1. The van der Waals surface area contributed by atoms with Crippen LogP contribution < -0.4 is 14.8 Å². The van der Waals surface area contributed by atoms with Crippen molar-refractivity contribution in [3.05, 3.63) is 59.0 Å². The Labute approximate surface area is 244 Å². The van der Waals surface area contributed by atoms with Crippen molar-refractivity contribution in [3.8, 4) is 22.6 Å². The lowest BCUT2D eigenvalue weighted by molar-refractivity contribution is -0.127. The molecule has 1 spiro atoms. The third kappa shape index (κ3) is 5.71. The van der Waals surface area contributed by atoms with E-state index in [0.717, 1.165) is 40.1 Å². The normalized spacial score (nSPS) is 24.5. The number of thiazole rings is 1. The van der Waals surface area contributed by atoms with Crippen LogP contribution in [0, 0.1) is 0 Å². The molecule has 41 heavy (non-hydrogen) atoms. The lowest BCUT2D eigenvalue weighted by Crippen LogP contribution is -2.59. The SMILES string of the molecule is COc1cccc(-c2ccc3c(c2)OCCC2(CCN(Cc4nccs4)CC2)NC(=O)[C@@H]2C[C@@H](O)CN2S3(=O)=O)c1. The molecule has 0 bridgehead atoms. The van der Waals surface area contributed by atoms with E-state index in [1.165, 1.54) is 6.07 Å². The molecule has 1 aromatic heterocycles. The average molecular weight is 599 g/mol. The van der Waals surface area contributed by atoms with Gasteiger partial charge in [0.15, 0.2) is 0 Å². The monoisotopic (exact) mass is 598 g/mol. The van der Waals surface area contributed by atoms with Crippen LogP contribution >= 0.6 is 11.3 Å². The second-order valence-electron chi connectivity index (χ2n) is 10.9. The standard InChI is InChI=1S/C29H34N4O6S2/c1-38-23-4-2-3-20(15-23)21-5-6-26-25(16-21)39-13-9-29(7-11-32(12-8-29)19-27-30-10-14-40-27)31-28(35)24-17-22(34)18-33(24)41(26,36)37/h2-6,10,14-16,22,24,34H,7-9,11-13,17-19H2,1H3,(H,31,35)/t22-,24+/m1/s1. The van der Waals surface area contributed by atoms with Gasteiger partial charge in [0.25, 0.3) is 0 Å². The number of aromatic nitrogens is 1. The summed E-state index contributed by atoms with van der Waals surface area (Å²) >= 11 is 1.63. The van der Waals surface area contributed by atoms with Crippen molar-refractivity contribution in [3.63, 3.8) is 0 Å². The zero-order valence-electron chi connectivity index (χ0n) is 22.9. The number of ether oxygens (including phenoxy) is 2. The molecular weight excluding hydrogens is 564 g/mol. The minimum Gasteiger partial charge on any atom is -0.497 e. The molecule has 4 heterocycles. The van der Waals surface area contributed by atoms with Gasteiger partial charge in [0.1, 0.15) is 27.4 Å².